The predicted molar refractivity (Wildman–Crippen MR) is 79.8 cm³/mol. The summed E-state index contributed by atoms with van der Waals surface area (Å²) in [4.78, 5) is 0. The Bertz CT molecular complexity index is 304. The maximum atomic E-state index is 6.15. The Morgan fingerprint density at radius 2 is 1.32 bits per heavy atom. The SMILES string of the molecule is NCC1(CCC23CC4CC(CC(C4)C2)C3)CCCC1. The molecule has 0 amide bonds. The molecule has 19 heavy (non-hydrogen) atoms. The Morgan fingerprint density at radius 1 is 0.789 bits per heavy atom. The lowest BCUT2D eigenvalue weighted by molar-refractivity contribution is -0.0629. The molecule has 0 heterocycles. The molecule has 1 heteroatoms. The number of rotatable bonds is 4. The topological polar surface area (TPSA) is 26.0 Å². The van der Waals surface area contributed by atoms with E-state index in [0.29, 0.717) is 5.41 Å². The van der Waals surface area contributed by atoms with Gasteiger partial charge in [0.1, 0.15) is 0 Å². The number of nitrogens with two attached hydrogens (primary N) is 1. The molecule has 0 atom stereocenters. The lowest BCUT2D eigenvalue weighted by atomic mass is 9.48. The van der Waals surface area contributed by atoms with Gasteiger partial charge in [-0.2, -0.15) is 0 Å². The molecule has 0 saturated heterocycles. The first-order valence-corrected chi connectivity index (χ1v) is 8.91. The van der Waals surface area contributed by atoms with Crippen LogP contribution in [0.15, 0.2) is 0 Å². The molecule has 0 aromatic carbocycles. The average molecular weight is 261 g/mol. The third-order valence-corrected chi connectivity index (χ3v) is 7.45. The molecule has 0 radical (unpaired) electrons. The van der Waals surface area contributed by atoms with E-state index >= 15 is 0 Å². The van der Waals surface area contributed by atoms with Crippen molar-refractivity contribution in [3.63, 3.8) is 0 Å². The van der Waals surface area contributed by atoms with E-state index in [9.17, 15) is 0 Å². The monoisotopic (exact) mass is 261 g/mol. The van der Waals surface area contributed by atoms with E-state index in [1.807, 2.05) is 0 Å². The normalized spacial score (nSPS) is 46.9. The molecule has 5 saturated carbocycles. The van der Waals surface area contributed by atoms with Crippen molar-refractivity contribution in [1.29, 1.82) is 0 Å². The molecule has 0 unspecified atom stereocenters. The first-order chi connectivity index (χ1) is 9.21. The van der Waals surface area contributed by atoms with Gasteiger partial charge in [-0.25, -0.2) is 0 Å². The standard InChI is InChI=1S/C18H31N/c19-13-17(3-1-2-4-17)5-6-18-10-14-7-15(11-18)9-16(8-14)12-18/h14-16H,1-13,19H2. The molecule has 5 aliphatic carbocycles. The summed E-state index contributed by atoms with van der Waals surface area (Å²) < 4.78 is 0. The summed E-state index contributed by atoms with van der Waals surface area (Å²) in [5.74, 6) is 3.34. The van der Waals surface area contributed by atoms with E-state index in [2.05, 4.69) is 0 Å². The van der Waals surface area contributed by atoms with Gasteiger partial charge < -0.3 is 5.73 Å². The second-order valence-electron chi connectivity index (χ2n) is 8.83. The molecular weight excluding hydrogens is 230 g/mol. The molecule has 108 valence electrons. The highest BCUT2D eigenvalue weighted by Gasteiger charge is 2.51. The zero-order valence-electron chi connectivity index (χ0n) is 12.5. The van der Waals surface area contributed by atoms with Crippen molar-refractivity contribution >= 4 is 0 Å². The summed E-state index contributed by atoms with van der Waals surface area (Å²) in [6.07, 6.45) is 18.2. The van der Waals surface area contributed by atoms with Gasteiger partial charge in [-0.1, -0.05) is 12.8 Å². The van der Waals surface area contributed by atoms with Crippen molar-refractivity contribution in [2.75, 3.05) is 6.54 Å². The first-order valence-electron chi connectivity index (χ1n) is 8.91. The summed E-state index contributed by atoms with van der Waals surface area (Å²) in [7, 11) is 0. The van der Waals surface area contributed by atoms with E-state index < -0.39 is 0 Å². The third kappa shape index (κ3) is 2.17. The zero-order chi connectivity index (χ0) is 12.9. The molecule has 4 bridgehead atoms. The largest absolute Gasteiger partial charge is 0.330 e. The van der Waals surface area contributed by atoms with Crippen molar-refractivity contribution in [3.05, 3.63) is 0 Å². The molecule has 1 nitrogen and oxygen atoms in total. The first kappa shape index (κ1) is 12.7. The Kier molecular flexibility index (Phi) is 2.99. The average Bonchev–Trinajstić information content (AvgIpc) is 2.84. The van der Waals surface area contributed by atoms with Gasteiger partial charge in [-0.3, -0.25) is 0 Å². The minimum absolute atomic E-state index is 0.559. The summed E-state index contributed by atoms with van der Waals surface area (Å²) in [5, 5.41) is 0. The summed E-state index contributed by atoms with van der Waals surface area (Å²) in [6, 6.07) is 0. The van der Waals surface area contributed by atoms with Gasteiger partial charge in [0, 0.05) is 0 Å². The highest BCUT2D eigenvalue weighted by Crippen LogP contribution is 2.62. The smallest absolute Gasteiger partial charge is 0.00205 e. The van der Waals surface area contributed by atoms with E-state index in [1.165, 1.54) is 38.5 Å². The number of hydrogen-bond acceptors (Lipinski definition) is 1. The van der Waals surface area contributed by atoms with Gasteiger partial charge in [-0.15, -0.1) is 0 Å². The van der Waals surface area contributed by atoms with E-state index in [1.54, 1.807) is 38.5 Å². The zero-order valence-corrected chi connectivity index (χ0v) is 12.5. The Hall–Kier alpha value is -0.0400. The van der Waals surface area contributed by atoms with Crippen LogP contribution >= 0.6 is 0 Å². The maximum Gasteiger partial charge on any atom is -0.00205 e. The quantitative estimate of drug-likeness (QED) is 0.792. The Morgan fingerprint density at radius 3 is 1.79 bits per heavy atom. The molecule has 0 aromatic rings. The maximum absolute atomic E-state index is 6.15. The van der Waals surface area contributed by atoms with Crippen LogP contribution < -0.4 is 5.73 Å². The van der Waals surface area contributed by atoms with Crippen LogP contribution in [0.1, 0.15) is 77.0 Å². The van der Waals surface area contributed by atoms with Crippen LogP contribution in [0, 0.1) is 28.6 Å². The fraction of sp³-hybridized carbons (Fsp3) is 1.00. The second kappa shape index (κ2) is 4.48. The molecule has 5 fully saturated rings. The summed E-state index contributed by atoms with van der Waals surface area (Å²) >= 11 is 0. The molecule has 5 aliphatic rings. The summed E-state index contributed by atoms with van der Waals surface area (Å²) in [6.45, 7) is 0.958. The van der Waals surface area contributed by atoms with Gasteiger partial charge >= 0.3 is 0 Å². The van der Waals surface area contributed by atoms with Crippen LogP contribution in [-0.2, 0) is 0 Å². The molecule has 0 aromatic heterocycles. The lowest BCUT2D eigenvalue weighted by Crippen LogP contribution is -2.46. The van der Waals surface area contributed by atoms with Crippen molar-refractivity contribution in [1.82, 2.24) is 0 Å². The van der Waals surface area contributed by atoms with Gasteiger partial charge in [0.05, 0.1) is 0 Å². The molecule has 2 N–H and O–H groups in total. The Labute approximate surface area is 118 Å². The highest BCUT2D eigenvalue weighted by molar-refractivity contribution is 5.02. The molecule has 0 aliphatic heterocycles. The van der Waals surface area contributed by atoms with Crippen molar-refractivity contribution in [2.24, 2.45) is 34.3 Å². The van der Waals surface area contributed by atoms with Crippen LogP contribution in [0.2, 0.25) is 0 Å². The minimum atomic E-state index is 0.559. The van der Waals surface area contributed by atoms with Gasteiger partial charge in [-0.05, 0) is 99.3 Å². The molecular formula is C18H31N. The minimum Gasteiger partial charge on any atom is -0.330 e. The highest BCUT2D eigenvalue weighted by atomic mass is 14.6. The lowest BCUT2D eigenvalue weighted by Gasteiger charge is -2.57. The molecule has 5 rings (SSSR count). The van der Waals surface area contributed by atoms with Gasteiger partial charge in [0.15, 0.2) is 0 Å². The van der Waals surface area contributed by atoms with Crippen LogP contribution in [0.25, 0.3) is 0 Å². The molecule has 0 spiro atoms. The fourth-order valence-corrected chi connectivity index (χ4v) is 6.81. The summed E-state index contributed by atoms with van der Waals surface area (Å²) in [5.41, 5.74) is 7.48. The predicted octanol–water partition coefficient (Wildman–Crippen LogP) is 4.50. The van der Waals surface area contributed by atoms with Crippen LogP contribution in [0.3, 0.4) is 0 Å². The van der Waals surface area contributed by atoms with Gasteiger partial charge in [0.2, 0.25) is 0 Å². The second-order valence-corrected chi connectivity index (χ2v) is 8.83. The van der Waals surface area contributed by atoms with E-state index in [-0.39, 0.29) is 0 Å². The van der Waals surface area contributed by atoms with Crippen LogP contribution in [0.5, 0.6) is 0 Å². The van der Waals surface area contributed by atoms with Gasteiger partial charge in [0.25, 0.3) is 0 Å². The van der Waals surface area contributed by atoms with E-state index in [0.717, 1.165) is 29.7 Å². The fourth-order valence-electron chi connectivity index (χ4n) is 6.81. The number of hydrogen-bond donors (Lipinski definition) is 1. The van der Waals surface area contributed by atoms with Crippen molar-refractivity contribution in [2.45, 2.75) is 77.0 Å². The van der Waals surface area contributed by atoms with Crippen molar-refractivity contribution in [3.8, 4) is 0 Å². The Balaban J connectivity index is 1.45. The van der Waals surface area contributed by atoms with Crippen molar-refractivity contribution < 1.29 is 0 Å². The van der Waals surface area contributed by atoms with Crippen LogP contribution in [-0.4, -0.2) is 6.54 Å². The van der Waals surface area contributed by atoms with E-state index in [4.69, 9.17) is 5.73 Å². The van der Waals surface area contributed by atoms with Crippen LogP contribution in [0.4, 0.5) is 0 Å². The third-order valence-electron chi connectivity index (χ3n) is 7.45.